The number of aromatic amines is 1. The van der Waals surface area contributed by atoms with Crippen molar-refractivity contribution in [1.82, 2.24) is 9.97 Å². The van der Waals surface area contributed by atoms with Gasteiger partial charge in [-0.15, -0.1) is 0 Å². The summed E-state index contributed by atoms with van der Waals surface area (Å²) in [5.41, 5.74) is 10.3. The van der Waals surface area contributed by atoms with Crippen molar-refractivity contribution in [2.24, 2.45) is 5.73 Å². The fourth-order valence-corrected chi connectivity index (χ4v) is 1.93. The third-order valence-corrected chi connectivity index (χ3v) is 2.72. The van der Waals surface area contributed by atoms with Crippen molar-refractivity contribution in [2.45, 2.75) is 33.2 Å². The van der Waals surface area contributed by atoms with Crippen molar-refractivity contribution in [3.8, 4) is 11.3 Å². The summed E-state index contributed by atoms with van der Waals surface area (Å²) in [7, 11) is 0. The second-order valence-electron chi connectivity index (χ2n) is 5.24. The molecule has 0 saturated heterocycles. The molecule has 0 aliphatic heterocycles. The van der Waals surface area contributed by atoms with Gasteiger partial charge in [-0.25, -0.2) is 4.98 Å². The summed E-state index contributed by atoms with van der Waals surface area (Å²) >= 11 is 0. The van der Waals surface area contributed by atoms with Crippen molar-refractivity contribution < 1.29 is 0 Å². The number of benzene rings is 1. The van der Waals surface area contributed by atoms with Gasteiger partial charge in [-0.3, -0.25) is 0 Å². The number of H-pyrrole nitrogens is 1. The van der Waals surface area contributed by atoms with Crippen LogP contribution < -0.4 is 5.73 Å². The summed E-state index contributed by atoms with van der Waals surface area (Å²) < 4.78 is 0. The Labute approximate surface area is 102 Å². The third-order valence-electron chi connectivity index (χ3n) is 2.72. The normalized spacial score (nSPS) is 11.8. The molecule has 3 heteroatoms. The van der Waals surface area contributed by atoms with Crippen LogP contribution in [0.4, 0.5) is 0 Å². The second-order valence-corrected chi connectivity index (χ2v) is 5.24. The Kier molecular flexibility index (Phi) is 2.79. The van der Waals surface area contributed by atoms with E-state index in [0.717, 1.165) is 17.1 Å². The van der Waals surface area contributed by atoms with Gasteiger partial charge in [0.1, 0.15) is 5.82 Å². The smallest absolute Gasteiger partial charge is 0.126 e. The highest BCUT2D eigenvalue weighted by molar-refractivity contribution is 5.60. The number of aromatic nitrogens is 2. The Balaban J connectivity index is 2.44. The van der Waals surface area contributed by atoms with Crippen molar-refractivity contribution in [2.75, 3.05) is 0 Å². The molecule has 0 spiro atoms. The average Bonchev–Trinajstić information content (AvgIpc) is 2.63. The molecule has 0 atom stereocenters. The van der Waals surface area contributed by atoms with Gasteiger partial charge in [-0.1, -0.05) is 17.2 Å². The van der Waals surface area contributed by atoms with Crippen LogP contribution in [-0.2, 0) is 5.54 Å². The summed E-state index contributed by atoms with van der Waals surface area (Å²) in [5.74, 6) is 0.812. The van der Waals surface area contributed by atoms with E-state index >= 15 is 0 Å². The van der Waals surface area contributed by atoms with Crippen LogP contribution in [0.2, 0.25) is 0 Å². The van der Waals surface area contributed by atoms with Crippen LogP contribution in [0.5, 0.6) is 0 Å². The molecule has 2 aromatic rings. The molecule has 0 amide bonds. The minimum absolute atomic E-state index is 0.433. The Morgan fingerprint density at radius 2 is 1.71 bits per heavy atom. The number of hydrogen-bond acceptors (Lipinski definition) is 2. The monoisotopic (exact) mass is 229 g/mol. The van der Waals surface area contributed by atoms with E-state index in [1.165, 1.54) is 11.1 Å². The Hall–Kier alpha value is -1.61. The molecule has 0 saturated carbocycles. The molecule has 2 rings (SSSR count). The van der Waals surface area contributed by atoms with Gasteiger partial charge in [0.2, 0.25) is 0 Å². The van der Waals surface area contributed by atoms with E-state index in [2.05, 4.69) is 42.0 Å². The predicted molar refractivity (Wildman–Crippen MR) is 70.7 cm³/mol. The van der Waals surface area contributed by atoms with E-state index in [1.807, 2.05) is 20.0 Å². The molecular weight excluding hydrogens is 210 g/mol. The molecule has 90 valence electrons. The Morgan fingerprint density at radius 1 is 1.12 bits per heavy atom. The number of aryl methyl sites for hydroxylation is 2. The number of nitrogens with one attached hydrogen (secondary N) is 1. The van der Waals surface area contributed by atoms with E-state index in [0.29, 0.717) is 0 Å². The molecule has 0 bridgehead atoms. The zero-order valence-corrected chi connectivity index (χ0v) is 10.8. The fourth-order valence-electron chi connectivity index (χ4n) is 1.93. The molecule has 0 aliphatic rings. The van der Waals surface area contributed by atoms with Gasteiger partial charge in [0, 0.05) is 5.56 Å². The minimum Gasteiger partial charge on any atom is -0.340 e. The zero-order chi connectivity index (χ0) is 12.6. The van der Waals surface area contributed by atoms with E-state index in [4.69, 9.17) is 5.73 Å². The van der Waals surface area contributed by atoms with Crippen LogP contribution in [-0.4, -0.2) is 9.97 Å². The van der Waals surface area contributed by atoms with Gasteiger partial charge in [-0.05, 0) is 39.8 Å². The van der Waals surface area contributed by atoms with Gasteiger partial charge >= 0.3 is 0 Å². The molecule has 1 heterocycles. The first-order valence-electron chi connectivity index (χ1n) is 5.79. The first kappa shape index (κ1) is 11.9. The molecule has 0 fully saturated rings. The molecule has 17 heavy (non-hydrogen) atoms. The first-order chi connectivity index (χ1) is 7.86. The van der Waals surface area contributed by atoms with Crippen molar-refractivity contribution in [3.05, 3.63) is 41.3 Å². The minimum atomic E-state index is -0.433. The Bertz CT molecular complexity index is 512. The van der Waals surface area contributed by atoms with Crippen LogP contribution in [0.1, 0.15) is 30.8 Å². The molecule has 3 N–H and O–H groups in total. The summed E-state index contributed by atoms with van der Waals surface area (Å²) in [6.45, 7) is 8.08. The molecule has 3 nitrogen and oxygen atoms in total. The molecule has 0 aliphatic carbocycles. The van der Waals surface area contributed by atoms with E-state index < -0.39 is 5.54 Å². The van der Waals surface area contributed by atoms with E-state index in [-0.39, 0.29) is 0 Å². The standard InChI is InChI=1S/C14H19N3/c1-9-5-10(2)7-11(6-9)12-8-16-13(17-12)14(3,4)15/h5-8H,15H2,1-4H3,(H,16,17). The summed E-state index contributed by atoms with van der Waals surface area (Å²) in [6, 6.07) is 6.45. The SMILES string of the molecule is Cc1cc(C)cc(-c2cnc(C(C)(C)N)[nH]2)c1. The quantitative estimate of drug-likeness (QED) is 0.832. The van der Waals surface area contributed by atoms with Crippen LogP contribution in [0.15, 0.2) is 24.4 Å². The van der Waals surface area contributed by atoms with Crippen molar-refractivity contribution in [1.29, 1.82) is 0 Å². The van der Waals surface area contributed by atoms with Gasteiger partial charge in [0.15, 0.2) is 0 Å². The first-order valence-corrected chi connectivity index (χ1v) is 5.79. The molecule has 0 radical (unpaired) electrons. The zero-order valence-electron chi connectivity index (χ0n) is 10.8. The lowest BCUT2D eigenvalue weighted by atomic mass is 10.1. The van der Waals surface area contributed by atoms with Crippen LogP contribution in [0, 0.1) is 13.8 Å². The van der Waals surface area contributed by atoms with Gasteiger partial charge in [0.25, 0.3) is 0 Å². The number of rotatable bonds is 2. The molecule has 1 aromatic heterocycles. The van der Waals surface area contributed by atoms with Crippen LogP contribution in [0.25, 0.3) is 11.3 Å². The second kappa shape index (κ2) is 4.00. The Morgan fingerprint density at radius 3 is 2.18 bits per heavy atom. The average molecular weight is 229 g/mol. The van der Waals surface area contributed by atoms with Crippen LogP contribution >= 0.6 is 0 Å². The van der Waals surface area contributed by atoms with Crippen molar-refractivity contribution in [3.63, 3.8) is 0 Å². The van der Waals surface area contributed by atoms with Gasteiger partial charge in [-0.2, -0.15) is 0 Å². The maximum atomic E-state index is 6.01. The maximum Gasteiger partial charge on any atom is 0.126 e. The molecule has 0 unspecified atom stereocenters. The highest BCUT2D eigenvalue weighted by Gasteiger charge is 2.18. The number of nitrogens with zero attached hydrogens (tertiary/aromatic N) is 1. The number of nitrogens with two attached hydrogens (primary N) is 1. The number of hydrogen-bond donors (Lipinski definition) is 2. The third kappa shape index (κ3) is 2.56. The lowest BCUT2D eigenvalue weighted by molar-refractivity contribution is 0.520. The summed E-state index contributed by atoms with van der Waals surface area (Å²) in [6.07, 6.45) is 1.85. The van der Waals surface area contributed by atoms with Gasteiger partial charge < -0.3 is 10.7 Å². The summed E-state index contributed by atoms with van der Waals surface area (Å²) in [4.78, 5) is 7.63. The van der Waals surface area contributed by atoms with Gasteiger partial charge in [0.05, 0.1) is 17.4 Å². The fraction of sp³-hybridized carbons (Fsp3) is 0.357. The highest BCUT2D eigenvalue weighted by atomic mass is 15.0. The highest BCUT2D eigenvalue weighted by Crippen LogP contribution is 2.22. The van der Waals surface area contributed by atoms with Crippen LogP contribution in [0.3, 0.4) is 0 Å². The number of imidazole rings is 1. The lowest BCUT2D eigenvalue weighted by Gasteiger charge is -2.14. The van der Waals surface area contributed by atoms with E-state index in [1.54, 1.807) is 0 Å². The largest absolute Gasteiger partial charge is 0.340 e. The van der Waals surface area contributed by atoms with E-state index in [9.17, 15) is 0 Å². The predicted octanol–water partition coefficient (Wildman–Crippen LogP) is 2.89. The van der Waals surface area contributed by atoms with Crippen molar-refractivity contribution >= 4 is 0 Å². The maximum absolute atomic E-state index is 6.01. The topological polar surface area (TPSA) is 54.7 Å². The summed E-state index contributed by atoms with van der Waals surface area (Å²) in [5, 5.41) is 0. The molecule has 1 aromatic carbocycles. The lowest BCUT2D eigenvalue weighted by Crippen LogP contribution is -2.30. The molecular formula is C14H19N3.